The molecule has 1 rings (SSSR count). The van der Waals surface area contributed by atoms with Crippen molar-refractivity contribution >= 4 is 5.78 Å². The first-order valence-corrected chi connectivity index (χ1v) is 5.28. The fourth-order valence-corrected chi connectivity index (χ4v) is 1.83. The van der Waals surface area contributed by atoms with Crippen LogP contribution in [0.3, 0.4) is 0 Å². The van der Waals surface area contributed by atoms with Crippen LogP contribution in [0.5, 0.6) is 0 Å². The van der Waals surface area contributed by atoms with E-state index in [9.17, 15) is 4.79 Å². The standard InChI is InChI=1S/C11H20O2/c1-4-9(2)10(12)11(3)7-5-6-8-13-11/h9H,4-8H2,1-3H3. The van der Waals surface area contributed by atoms with E-state index in [4.69, 9.17) is 4.74 Å². The SMILES string of the molecule is CCC(C)C(=O)C1(C)CCCCO1. The number of ketones is 1. The highest BCUT2D eigenvalue weighted by atomic mass is 16.5. The number of Topliss-reactive ketones (excluding diaryl/α,β-unsaturated/α-hetero) is 1. The van der Waals surface area contributed by atoms with Crippen LogP contribution < -0.4 is 0 Å². The van der Waals surface area contributed by atoms with Crippen molar-refractivity contribution in [1.29, 1.82) is 0 Å². The number of ether oxygens (including phenoxy) is 1. The van der Waals surface area contributed by atoms with Gasteiger partial charge in [-0.2, -0.15) is 0 Å². The summed E-state index contributed by atoms with van der Waals surface area (Å²) in [4.78, 5) is 11.9. The van der Waals surface area contributed by atoms with Gasteiger partial charge in [-0.25, -0.2) is 0 Å². The Balaban J connectivity index is 2.61. The predicted octanol–water partition coefficient (Wildman–Crippen LogP) is 2.56. The van der Waals surface area contributed by atoms with E-state index < -0.39 is 5.60 Å². The van der Waals surface area contributed by atoms with Crippen molar-refractivity contribution in [1.82, 2.24) is 0 Å². The maximum absolute atomic E-state index is 11.9. The highest BCUT2D eigenvalue weighted by Crippen LogP contribution is 2.28. The highest BCUT2D eigenvalue weighted by Gasteiger charge is 2.37. The van der Waals surface area contributed by atoms with Gasteiger partial charge in [0.2, 0.25) is 0 Å². The summed E-state index contributed by atoms with van der Waals surface area (Å²) >= 11 is 0. The molecular formula is C11H20O2. The van der Waals surface area contributed by atoms with Gasteiger partial charge in [0.15, 0.2) is 5.78 Å². The molecule has 2 nitrogen and oxygen atoms in total. The molecule has 0 N–H and O–H groups in total. The van der Waals surface area contributed by atoms with Crippen LogP contribution >= 0.6 is 0 Å². The third kappa shape index (κ3) is 2.31. The van der Waals surface area contributed by atoms with Gasteiger partial charge in [0.1, 0.15) is 5.60 Å². The van der Waals surface area contributed by atoms with Gasteiger partial charge in [0.05, 0.1) is 0 Å². The van der Waals surface area contributed by atoms with Gasteiger partial charge < -0.3 is 4.74 Å². The molecule has 0 aromatic carbocycles. The Bertz CT molecular complexity index is 181. The minimum atomic E-state index is -0.478. The molecule has 0 bridgehead atoms. The average Bonchev–Trinajstić information content (AvgIpc) is 2.16. The van der Waals surface area contributed by atoms with Gasteiger partial charge in [0, 0.05) is 12.5 Å². The minimum absolute atomic E-state index is 0.142. The number of rotatable bonds is 3. The zero-order valence-corrected chi connectivity index (χ0v) is 8.93. The minimum Gasteiger partial charge on any atom is -0.367 e. The molecule has 1 aliphatic heterocycles. The van der Waals surface area contributed by atoms with Gasteiger partial charge >= 0.3 is 0 Å². The number of hydrogen-bond donors (Lipinski definition) is 0. The zero-order valence-electron chi connectivity index (χ0n) is 8.93. The second-order valence-corrected chi connectivity index (χ2v) is 4.21. The third-order valence-electron chi connectivity index (χ3n) is 3.05. The molecule has 0 amide bonds. The maximum Gasteiger partial charge on any atom is 0.167 e. The number of carbonyl (C=O) groups excluding carboxylic acids is 1. The molecule has 1 heterocycles. The van der Waals surface area contributed by atoms with Crippen LogP contribution in [0.2, 0.25) is 0 Å². The van der Waals surface area contributed by atoms with Crippen molar-refractivity contribution in [2.45, 2.75) is 52.1 Å². The van der Waals surface area contributed by atoms with Crippen LogP contribution in [0.1, 0.15) is 46.5 Å². The van der Waals surface area contributed by atoms with Crippen molar-refractivity contribution in [3.63, 3.8) is 0 Å². The van der Waals surface area contributed by atoms with E-state index >= 15 is 0 Å². The Morgan fingerprint density at radius 3 is 2.69 bits per heavy atom. The average molecular weight is 184 g/mol. The van der Waals surface area contributed by atoms with Crippen molar-refractivity contribution in [3.05, 3.63) is 0 Å². The summed E-state index contributed by atoms with van der Waals surface area (Å²) in [5.41, 5.74) is -0.478. The molecule has 0 aromatic heterocycles. The van der Waals surface area contributed by atoms with Crippen molar-refractivity contribution < 1.29 is 9.53 Å². The van der Waals surface area contributed by atoms with Gasteiger partial charge in [-0.15, -0.1) is 0 Å². The second-order valence-electron chi connectivity index (χ2n) is 4.21. The molecule has 1 aliphatic rings. The summed E-state index contributed by atoms with van der Waals surface area (Å²) in [6.07, 6.45) is 4.04. The smallest absolute Gasteiger partial charge is 0.167 e. The van der Waals surface area contributed by atoms with E-state index in [1.807, 2.05) is 13.8 Å². The summed E-state index contributed by atoms with van der Waals surface area (Å²) in [6, 6.07) is 0. The van der Waals surface area contributed by atoms with E-state index in [1.54, 1.807) is 0 Å². The third-order valence-corrected chi connectivity index (χ3v) is 3.05. The van der Waals surface area contributed by atoms with Crippen LogP contribution in [0, 0.1) is 5.92 Å². The molecule has 0 aromatic rings. The Kier molecular flexibility index (Phi) is 3.48. The molecule has 1 fully saturated rings. The monoisotopic (exact) mass is 184 g/mol. The summed E-state index contributed by atoms with van der Waals surface area (Å²) in [5.74, 6) is 0.429. The van der Waals surface area contributed by atoms with Crippen molar-refractivity contribution in [2.24, 2.45) is 5.92 Å². The van der Waals surface area contributed by atoms with Gasteiger partial charge in [-0.1, -0.05) is 13.8 Å². The molecule has 76 valence electrons. The lowest BCUT2D eigenvalue weighted by molar-refractivity contribution is -0.151. The Hall–Kier alpha value is -0.370. The highest BCUT2D eigenvalue weighted by molar-refractivity contribution is 5.88. The summed E-state index contributed by atoms with van der Waals surface area (Å²) in [6.45, 7) is 6.74. The molecule has 0 saturated carbocycles. The molecular weight excluding hydrogens is 164 g/mol. The fraction of sp³-hybridized carbons (Fsp3) is 0.909. The first-order chi connectivity index (χ1) is 6.10. The Labute approximate surface area is 80.7 Å². The maximum atomic E-state index is 11.9. The summed E-state index contributed by atoms with van der Waals surface area (Å²) < 4.78 is 5.60. The van der Waals surface area contributed by atoms with Crippen LogP contribution in [-0.2, 0) is 9.53 Å². The van der Waals surface area contributed by atoms with E-state index in [-0.39, 0.29) is 11.7 Å². The van der Waals surface area contributed by atoms with Crippen LogP contribution in [0.4, 0.5) is 0 Å². The molecule has 13 heavy (non-hydrogen) atoms. The lowest BCUT2D eigenvalue weighted by Gasteiger charge is -2.34. The van der Waals surface area contributed by atoms with E-state index in [0.29, 0.717) is 0 Å². The zero-order chi connectivity index (χ0) is 9.90. The molecule has 1 saturated heterocycles. The first kappa shape index (κ1) is 10.7. The largest absolute Gasteiger partial charge is 0.367 e. The topological polar surface area (TPSA) is 26.3 Å². The normalized spacial score (nSPS) is 31.3. The fourth-order valence-electron chi connectivity index (χ4n) is 1.83. The molecule has 0 aliphatic carbocycles. The van der Waals surface area contributed by atoms with E-state index in [0.717, 1.165) is 32.3 Å². The molecule has 0 radical (unpaired) electrons. The van der Waals surface area contributed by atoms with Crippen LogP contribution in [-0.4, -0.2) is 18.0 Å². The van der Waals surface area contributed by atoms with Gasteiger partial charge in [-0.05, 0) is 32.6 Å². The quantitative estimate of drug-likeness (QED) is 0.673. The lowest BCUT2D eigenvalue weighted by atomic mass is 9.84. The molecule has 0 spiro atoms. The van der Waals surface area contributed by atoms with Gasteiger partial charge in [0.25, 0.3) is 0 Å². The summed E-state index contributed by atoms with van der Waals surface area (Å²) in [7, 11) is 0. The summed E-state index contributed by atoms with van der Waals surface area (Å²) in [5, 5.41) is 0. The number of hydrogen-bond acceptors (Lipinski definition) is 2. The van der Waals surface area contributed by atoms with Crippen LogP contribution in [0.15, 0.2) is 0 Å². The lowest BCUT2D eigenvalue weighted by Crippen LogP contribution is -2.44. The van der Waals surface area contributed by atoms with Crippen LogP contribution in [0.25, 0.3) is 0 Å². The van der Waals surface area contributed by atoms with E-state index in [1.165, 1.54) is 0 Å². The molecule has 2 unspecified atom stereocenters. The van der Waals surface area contributed by atoms with Crippen molar-refractivity contribution in [3.8, 4) is 0 Å². The van der Waals surface area contributed by atoms with Gasteiger partial charge in [-0.3, -0.25) is 4.79 Å². The Morgan fingerprint density at radius 2 is 2.23 bits per heavy atom. The first-order valence-electron chi connectivity index (χ1n) is 5.28. The molecule has 2 atom stereocenters. The second kappa shape index (κ2) is 4.23. The molecule has 2 heteroatoms. The Morgan fingerprint density at radius 1 is 1.54 bits per heavy atom. The van der Waals surface area contributed by atoms with E-state index in [2.05, 4.69) is 6.92 Å². The van der Waals surface area contributed by atoms with Crippen molar-refractivity contribution in [2.75, 3.05) is 6.61 Å². The number of carbonyl (C=O) groups is 1. The predicted molar refractivity (Wildman–Crippen MR) is 52.7 cm³/mol.